The number of hydrogen-bond donors (Lipinski definition) is 0. The summed E-state index contributed by atoms with van der Waals surface area (Å²) in [5.74, 6) is 1.66. The fraction of sp³-hybridized carbons (Fsp3) is 0.412. The van der Waals surface area contributed by atoms with Crippen molar-refractivity contribution < 1.29 is 0 Å². The van der Waals surface area contributed by atoms with E-state index >= 15 is 0 Å². The van der Waals surface area contributed by atoms with Crippen molar-refractivity contribution in [3.8, 4) is 0 Å². The van der Waals surface area contributed by atoms with Crippen molar-refractivity contribution in [3.63, 3.8) is 0 Å². The molecule has 202 valence electrons. The van der Waals surface area contributed by atoms with Gasteiger partial charge in [0.1, 0.15) is 0 Å². The summed E-state index contributed by atoms with van der Waals surface area (Å²) in [6.45, 7) is 20.0. The van der Waals surface area contributed by atoms with Crippen molar-refractivity contribution >= 4 is 35.0 Å². The average molecular weight is 526 g/mol. The molecule has 1 atom stereocenters. The third-order valence-electron chi connectivity index (χ3n) is 6.55. The first-order valence-electron chi connectivity index (χ1n) is 13.1. The van der Waals surface area contributed by atoms with Crippen LogP contribution in [0, 0.1) is 14.9 Å². The Balaban J connectivity index is 0.00000456. The van der Waals surface area contributed by atoms with Crippen LogP contribution in [0.3, 0.4) is 0 Å². The predicted molar refractivity (Wildman–Crippen MR) is 171 cm³/mol. The van der Waals surface area contributed by atoms with E-state index in [-0.39, 0.29) is 38.3 Å². The largest absolute Gasteiger partial charge is 3.00 e. The van der Waals surface area contributed by atoms with Gasteiger partial charge in [-0.25, -0.2) is 0 Å². The van der Waals surface area contributed by atoms with E-state index in [0.29, 0.717) is 23.7 Å². The maximum atomic E-state index is 5.20. The van der Waals surface area contributed by atoms with Gasteiger partial charge in [-0.1, -0.05) is 122 Å². The molecule has 38 heavy (non-hydrogen) atoms. The van der Waals surface area contributed by atoms with Gasteiger partial charge in [0.25, 0.3) is 0 Å². The molecule has 1 aromatic heterocycles. The van der Waals surface area contributed by atoms with E-state index in [1.807, 2.05) is 12.3 Å². The molecule has 0 radical (unpaired) electrons. The molecule has 0 saturated carbocycles. The normalized spacial score (nSPS) is 11.9. The maximum Gasteiger partial charge on any atom is 3.00 e. The van der Waals surface area contributed by atoms with E-state index in [1.165, 1.54) is 22.3 Å². The summed E-state index contributed by atoms with van der Waals surface area (Å²) < 4.78 is 0. The zero-order valence-electron chi connectivity index (χ0n) is 25.6. The van der Waals surface area contributed by atoms with Gasteiger partial charge in [-0.05, 0) is 46.9 Å². The summed E-state index contributed by atoms with van der Waals surface area (Å²) in [5, 5.41) is 5.20. The number of rotatable bonds is 9. The van der Waals surface area contributed by atoms with Crippen molar-refractivity contribution in [3.05, 3.63) is 108 Å². The van der Waals surface area contributed by atoms with Crippen LogP contribution < -0.4 is 0 Å². The summed E-state index contributed by atoms with van der Waals surface area (Å²) in [6.07, 6.45) is 1.91. The molecule has 0 spiro atoms. The van der Waals surface area contributed by atoms with Crippen LogP contribution in [-0.2, 0) is 0 Å². The molecule has 3 rings (SSSR count). The first-order valence-corrected chi connectivity index (χ1v) is 13.1. The van der Waals surface area contributed by atoms with Crippen LogP contribution in [0.5, 0.6) is 0 Å². The number of nitrogens with zero attached hydrogens (tertiary/aromatic N) is 3. The van der Waals surface area contributed by atoms with E-state index in [9.17, 15) is 0 Å². The van der Waals surface area contributed by atoms with Crippen LogP contribution in [0.2, 0.25) is 0 Å². The maximum absolute atomic E-state index is 5.20. The molecule has 1 unspecified atom stereocenters. The van der Waals surface area contributed by atoms with Crippen LogP contribution in [0.1, 0.15) is 126 Å². The Morgan fingerprint density at radius 3 is 1.50 bits per heavy atom. The third kappa shape index (κ3) is 8.55. The molecule has 0 aliphatic carbocycles. The Labute approximate surface area is 244 Å². The van der Waals surface area contributed by atoms with Gasteiger partial charge in [-0.15, -0.1) is 5.69 Å². The number of benzene rings is 2. The molecule has 3 nitrogen and oxygen atoms in total. The topological polar surface area (TPSA) is 39.4 Å². The van der Waals surface area contributed by atoms with Gasteiger partial charge in [0.15, 0.2) is 0 Å². The van der Waals surface area contributed by atoms with Crippen molar-refractivity contribution in [1.29, 1.82) is 0 Å². The van der Waals surface area contributed by atoms with Gasteiger partial charge < -0.3 is 20.2 Å². The summed E-state index contributed by atoms with van der Waals surface area (Å²) in [4.78, 5) is 9.90. The molecule has 0 saturated heterocycles. The van der Waals surface area contributed by atoms with E-state index in [4.69, 9.17) is 15.3 Å². The first kappa shape index (κ1) is 35.6. The molecule has 0 aliphatic rings. The molecular weight excluding hydrogens is 477 g/mol. The number of aromatic nitrogens is 1. The molecule has 0 bridgehead atoms. The minimum atomic E-state index is -0.0464. The molecule has 0 N–H and O–H groups in total. The fourth-order valence-corrected chi connectivity index (χ4v) is 4.49. The minimum absolute atomic E-state index is 0. The number of pyridine rings is 1. The summed E-state index contributed by atoms with van der Waals surface area (Å²) >= 11 is 0. The van der Waals surface area contributed by atoms with Gasteiger partial charge in [0.2, 0.25) is 0 Å². The zero-order chi connectivity index (χ0) is 25.7. The van der Waals surface area contributed by atoms with Gasteiger partial charge in [-0.2, -0.15) is 0 Å². The molecule has 1 heterocycles. The minimum Gasteiger partial charge on any atom is -0.677 e. The van der Waals surface area contributed by atoms with E-state index < -0.39 is 0 Å². The molecule has 0 aliphatic heterocycles. The Morgan fingerprint density at radius 2 is 1.05 bits per heavy atom. The quantitative estimate of drug-likeness (QED) is 0.155. The van der Waals surface area contributed by atoms with E-state index in [0.717, 1.165) is 22.8 Å². The van der Waals surface area contributed by atoms with Crippen LogP contribution in [0.15, 0.2) is 59.6 Å². The fourth-order valence-electron chi connectivity index (χ4n) is 4.49. The average Bonchev–Trinajstić information content (AvgIpc) is 2.82. The zero-order valence-corrected chi connectivity index (χ0v) is 26.7. The number of aliphatic imine (C=N–C) groups is 1. The molecule has 3 aromatic rings. The Morgan fingerprint density at radius 1 is 0.632 bits per heavy atom. The molecule has 0 fully saturated rings. The van der Waals surface area contributed by atoms with Gasteiger partial charge in [0.05, 0.1) is 17.6 Å². The Hall–Kier alpha value is -2.41. The van der Waals surface area contributed by atoms with Crippen molar-refractivity contribution in [2.24, 2.45) is 4.99 Å². The third-order valence-corrected chi connectivity index (χ3v) is 6.55. The SMILES string of the molecule is CC(C)c1cccc(C(C)C)c1N=Cc1cccc(C(C)[N-]c2c(C(C)C)cccc2C(C)C)n1.[Al+3].[CH3-].[CH3-]. The predicted octanol–water partition coefficient (Wildman–Crippen LogP) is 10.6. The smallest absolute Gasteiger partial charge is 0.677 e. The monoisotopic (exact) mass is 525 g/mol. The van der Waals surface area contributed by atoms with Gasteiger partial charge in [0, 0.05) is 5.69 Å². The molecule has 2 aromatic carbocycles. The standard InChI is InChI=1S/C32H42N3.2CH3.Al/c1-20(2)26-14-11-15-27(21(3)4)31(26)33-19-25-13-10-18-30(35-25)24(9)34-32-28(22(5)6)16-12-17-29(32)23(7)8;;;/h10-24H,1-9H3;2*1H3;/q3*-1;+3. The second kappa shape index (κ2) is 15.9. The second-order valence-corrected chi connectivity index (χ2v) is 10.7. The van der Waals surface area contributed by atoms with E-state index in [2.05, 4.69) is 111 Å². The summed E-state index contributed by atoms with van der Waals surface area (Å²) in [5.41, 5.74) is 9.17. The van der Waals surface area contributed by atoms with Crippen molar-refractivity contribution in [1.82, 2.24) is 4.98 Å². The van der Waals surface area contributed by atoms with Crippen LogP contribution in [0.25, 0.3) is 5.32 Å². The van der Waals surface area contributed by atoms with Gasteiger partial charge in [-0.3, -0.25) is 9.98 Å². The molecular formula is C34H48AlN3. The second-order valence-electron chi connectivity index (χ2n) is 10.7. The van der Waals surface area contributed by atoms with Crippen LogP contribution in [0.4, 0.5) is 11.4 Å². The van der Waals surface area contributed by atoms with Crippen molar-refractivity contribution in [2.45, 2.75) is 92.0 Å². The Bertz CT molecular complexity index is 1110. The molecule has 4 heteroatoms. The van der Waals surface area contributed by atoms with Crippen molar-refractivity contribution in [2.75, 3.05) is 0 Å². The summed E-state index contributed by atoms with van der Waals surface area (Å²) in [6, 6.07) is 19.2. The Kier molecular flexibility index (Phi) is 14.9. The first-order chi connectivity index (χ1) is 16.6. The van der Waals surface area contributed by atoms with Crippen LogP contribution in [-0.4, -0.2) is 28.6 Å². The molecule has 0 amide bonds. The van der Waals surface area contributed by atoms with E-state index in [1.54, 1.807) is 0 Å². The van der Waals surface area contributed by atoms with Gasteiger partial charge >= 0.3 is 17.4 Å². The summed E-state index contributed by atoms with van der Waals surface area (Å²) in [7, 11) is 0. The number of para-hydroxylation sites is 2. The number of hydrogen-bond acceptors (Lipinski definition) is 2. The van der Waals surface area contributed by atoms with Crippen LogP contribution >= 0.6 is 0 Å².